The molecule has 0 radical (unpaired) electrons. The van der Waals surface area contributed by atoms with E-state index in [0.29, 0.717) is 0 Å². The van der Waals surface area contributed by atoms with Crippen LogP contribution < -0.4 is 5.32 Å². The molecule has 1 heterocycles. The van der Waals surface area contributed by atoms with Gasteiger partial charge >= 0.3 is 0 Å². The summed E-state index contributed by atoms with van der Waals surface area (Å²) in [5.74, 6) is 2.06. The van der Waals surface area contributed by atoms with Gasteiger partial charge in [0, 0.05) is 19.1 Å². The topological polar surface area (TPSA) is 15.3 Å². The second-order valence-electron chi connectivity index (χ2n) is 5.39. The molecule has 0 aromatic heterocycles. The minimum Gasteiger partial charge on any atom is -0.313 e. The van der Waals surface area contributed by atoms with Crippen molar-refractivity contribution in [2.24, 2.45) is 11.8 Å². The van der Waals surface area contributed by atoms with Crippen LogP contribution in [0, 0.1) is 11.8 Å². The minimum absolute atomic E-state index is 0.757. The highest BCUT2D eigenvalue weighted by atomic mass is 15.2. The van der Waals surface area contributed by atoms with E-state index in [1.807, 2.05) is 0 Å². The van der Waals surface area contributed by atoms with Crippen molar-refractivity contribution < 1.29 is 0 Å². The first-order valence-corrected chi connectivity index (χ1v) is 6.77. The van der Waals surface area contributed by atoms with Gasteiger partial charge in [-0.2, -0.15) is 0 Å². The maximum absolute atomic E-state index is 3.63. The summed E-state index contributed by atoms with van der Waals surface area (Å²) in [7, 11) is 0. The van der Waals surface area contributed by atoms with Crippen LogP contribution in [-0.2, 0) is 0 Å². The smallest absolute Gasteiger partial charge is 0.0198 e. The van der Waals surface area contributed by atoms with Gasteiger partial charge in [-0.1, -0.05) is 26.7 Å². The molecule has 2 aliphatic rings. The molecule has 1 saturated heterocycles. The van der Waals surface area contributed by atoms with Gasteiger partial charge in [0.1, 0.15) is 0 Å². The van der Waals surface area contributed by atoms with Gasteiger partial charge in [0.15, 0.2) is 0 Å². The first kappa shape index (κ1) is 11.4. The summed E-state index contributed by atoms with van der Waals surface area (Å²) in [4.78, 5) is 2.63. The molecule has 0 aromatic rings. The van der Waals surface area contributed by atoms with Crippen LogP contribution in [0.1, 0.15) is 39.5 Å². The summed E-state index contributed by atoms with van der Waals surface area (Å²) in [6.45, 7) is 9.49. The zero-order valence-electron chi connectivity index (χ0n) is 10.3. The number of piperidine rings is 1. The maximum atomic E-state index is 3.63. The minimum atomic E-state index is 0.757. The standard InChI is InChI=1S/C13H26N2/c1-3-14-13-8-12(7-11-5-6-11)9-15(4-2)10-13/h11-14H,3-10H2,1-2H3. The molecule has 2 heteroatoms. The summed E-state index contributed by atoms with van der Waals surface area (Å²) < 4.78 is 0. The molecule has 1 aliphatic carbocycles. The van der Waals surface area contributed by atoms with Gasteiger partial charge in [-0.05, 0) is 37.8 Å². The van der Waals surface area contributed by atoms with E-state index in [0.717, 1.165) is 24.4 Å². The number of hydrogen-bond donors (Lipinski definition) is 1. The highest BCUT2D eigenvalue weighted by molar-refractivity contribution is 4.86. The maximum Gasteiger partial charge on any atom is 0.0198 e. The molecule has 1 saturated carbocycles. The third-order valence-corrected chi connectivity index (χ3v) is 3.92. The fourth-order valence-electron chi connectivity index (χ4n) is 2.99. The Morgan fingerprint density at radius 3 is 2.53 bits per heavy atom. The van der Waals surface area contributed by atoms with Crippen molar-refractivity contribution >= 4 is 0 Å². The number of rotatable bonds is 5. The molecular formula is C13H26N2. The Morgan fingerprint density at radius 1 is 1.13 bits per heavy atom. The third kappa shape index (κ3) is 3.46. The molecule has 0 aromatic carbocycles. The van der Waals surface area contributed by atoms with Crippen LogP contribution in [-0.4, -0.2) is 37.1 Å². The van der Waals surface area contributed by atoms with Gasteiger partial charge < -0.3 is 10.2 Å². The lowest BCUT2D eigenvalue weighted by Gasteiger charge is -2.37. The van der Waals surface area contributed by atoms with Crippen LogP contribution in [0.2, 0.25) is 0 Å². The molecule has 15 heavy (non-hydrogen) atoms. The number of likely N-dealkylation sites (tertiary alicyclic amines) is 1. The Kier molecular flexibility index (Phi) is 4.04. The van der Waals surface area contributed by atoms with E-state index >= 15 is 0 Å². The normalized spacial score (nSPS) is 33.2. The van der Waals surface area contributed by atoms with Gasteiger partial charge in [0.25, 0.3) is 0 Å². The van der Waals surface area contributed by atoms with E-state index in [1.54, 1.807) is 0 Å². The lowest BCUT2D eigenvalue weighted by atomic mass is 9.89. The SMILES string of the molecule is CCNC1CC(CC2CC2)CN(CC)C1. The molecule has 0 amide bonds. The monoisotopic (exact) mass is 210 g/mol. The van der Waals surface area contributed by atoms with Gasteiger partial charge in [-0.3, -0.25) is 0 Å². The predicted octanol–water partition coefficient (Wildman–Crippen LogP) is 2.11. The third-order valence-electron chi connectivity index (χ3n) is 3.92. The Labute approximate surface area is 94.4 Å². The van der Waals surface area contributed by atoms with E-state index in [2.05, 4.69) is 24.1 Å². The Bertz CT molecular complexity index is 189. The van der Waals surface area contributed by atoms with Gasteiger partial charge in [0.05, 0.1) is 0 Å². The highest BCUT2D eigenvalue weighted by Gasteiger charge is 2.31. The zero-order valence-corrected chi connectivity index (χ0v) is 10.3. The average molecular weight is 210 g/mol. The van der Waals surface area contributed by atoms with E-state index in [9.17, 15) is 0 Å². The first-order chi connectivity index (χ1) is 7.31. The van der Waals surface area contributed by atoms with Gasteiger partial charge in [-0.25, -0.2) is 0 Å². The first-order valence-electron chi connectivity index (χ1n) is 6.77. The van der Waals surface area contributed by atoms with Crippen LogP contribution >= 0.6 is 0 Å². The highest BCUT2D eigenvalue weighted by Crippen LogP contribution is 2.37. The van der Waals surface area contributed by atoms with Crippen molar-refractivity contribution in [3.8, 4) is 0 Å². The molecule has 1 N–H and O–H groups in total. The molecule has 2 rings (SSSR count). The largest absolute Gasteiger partial charge is 0.313 e. The number of hydrogen-bond acceptors (Lipinski definition) is 2. The fraction of sp³-hybridized carbons (Fsp3) is 1.00. The quantitative estimate of drug-likeness (QED) is 0.747. The van der Waals surface area contributed by atoms with Crippen molar-refractivity contribution in [3.05, 3.63) is 0 Å². The Morgan fingerprint density at radius 2 is 1.93 bits per heavy atom. The Balaban J connectivity index is 1.81. The van der Waals surface area contributed by atoms with Crippen molar-refractivity contribution in [3.63, 3.8) is 0 Å². The second-order valence-corrected chi connectivity index (χ2v) is 5.39. The van der Waals surface area contributed by atoms with Gasteiger partial charge in [-0.15, -0.1) is 0 Å². The molecule has 2 fully saturated rings. The van der Waals surface area contributed by atoms with E-state index in [-0.39, 0.29) is 0 Å². The van der Waals surface area contributed by atoms with E-state index in [1.165, 1.54) is 45.3 Å². The molecule has 0 spiro atoms. The summed E-state index contributed by atoms with van der Waals surface area (Å²) in [5, 5.41) is 3.63. The number of nitrogens with one attached hydrogen (secondary N) is 1. The van der Waals surface area contributed by atoms with Crippen LogP contribution in [0.4, 0.5) is 0 Å². The molecule has 2 atom stereocenters. The summed E-state index contributed by atoms with van der Waals surface area (Å²) in [5.41, 5.74) is 0. The van der Waals surface area contributed by atoms with Crippen molar-refractivity contribution in [2.45, 2.75) is 45.6 Å². The summed E-state index contributed by atoms with van der Waals surface area (Å²) in [6, 6.07) is 0.757. The van der Waals surface area contributed by atoms with Crippen molar-refractivity contribution in [2.75, 3.05) is 26.2 Å². The van der Waals surface area contributed by atoms with Crippen LogP contribution in [0.25, 0.3) is 0 Å². The van der Waals surface area contributed by atoms with Crippen molar-refractivity contribution in [1.82, 2.24) is 10.2 Å². The van der Waals surface area contributed by atoms with Crippen LogP contribution in [0.15, 0.2) is 0 Å². The second kappa shape index (κ2) is 5.31. The summed E-state index contributed by atoms with van der Waals surface area (Å²) in [6.07, 6.45) is 5.93. The number of nitrogens with zero attached hydrogens (tertiary/aromatic N) is 1. The van der Waals surface area contributed by atoms with E-state index < -0.39 is 0 Å². The molecule has 88 valence electrons. The summed E-state index contributed by atoms with van der Waals surface area (Å²) >= 11 is 0. The lowest BCUT2D eigenvalue weighted by Crippen LogP contribution is -2.49. The molecule has 2 unspecified atom stereocenters. The molecule has 2 nitrogen and oxygen atoms in total. The zero-order chi connectivity index (χ0) is 10.7. The van der Waals surface area contributed by atoms with Crippen LogP contribution in [0.5, 0.6) is 0 Å². The number of likely N-dealkylation sites (N-methyl/N-ethyl adjacent to an activating group) is 2. The Hall–Kier alpha value is -0.0800. The predicted molar refractivity (Wildman–Crippen MR) is 65.0 cm³/mol. The van der Waals surface area contributed by atoms with Gasteiger partial charge in [0.2, 0.25) is 0 Å². The van der Waals surface area contributed by atoms with E-state index in [4.69, 9.17) is 0 Å². The van der Waals surface area contributed by atoms with Crippen LogP contribution in [0.3, 0.4) is 0 Å². The lowest BCUT2D eigenvalue weighted by molar-refractivity contribution is 0.139. The fourth-order valence-corrected chi connectivity index (χ4v) is 2.99. The molecular weight excluding hydrogens is 184 g/mol. The molecule has 1 aliphatic heterocycles. The average Bonchev–Trinajstić information content (AvgIpc) is 3.02. The molecule has 0 bridgehead atoms. The van der Waals surface area contributed by atoms with Crippen molar-refractivity contribution in [1.29, 1.82) is 0 Å².